The van der Waals surface area contributed by atoms with Crippen molar-refractivity contribution >= 4 is 11.0 Å². The second kappa shape index (κ2) is 3.96. The molecule has 2 N–H and O–H groups in total. The van der Waals surface area contributed by atoms with Crippen LogP contribution in [0, 0.1) is 0 Å². The van der Waals surface area contributed by atoms with E-state index in [1.807, 2.05) is 37.0 Å². The van der Waals surface area contributed by atoms with Crippen LogP contribution in [0.2, 0.25) is 0 Å². The fraction of sp³-hybridized carbons (Fsp3) is 0.231. The standard InChI is InChI=1S/C13H15N5/c1-17-12-7-9(8-14)3-4-10(12)16-13(17)11-5-6-15-18(11)2/h3-7H,8,14H2,1-2H3. The third-order valence-corrected chi connectivity index (χ3v) is 3.23. The SMILES string of the molecule is Cn1nccc1-c1nc2ccc(CN)cc2n1C. The average Bonchev–Trinajstić information content (AvgIpc) is 2.93. The molecule has 0 aliphatic rings. The Bertz CT molecular complexity index is 707. The minimum absolute atomic E-state index is 0.544. The second-order valence-corrected chi connectivity index (χ2v) is 4.36. The molecule has 0 atom stereocenters. The van der Waals surface area contributed by atoms with Gasteiger partial charge in [0, 0.05) is 26.8 Å². The van der Waals surface area contributed by atoms with E-state index in [4.69, 9.17) is 5.73 Å². The summed E-state index contributed by atoms with van der Waals surface area (Å²) in [6, 6.07) is 8.08. The van der Waals surface area contributed by atoms with Gasteiger partial charge in [-0.25, -0.2) is 4.98 Å². The topological polar surface area (TPSA) is 61.7 Å². The minimum atomic E-state index is 0.544. The Kier molecular flexibility index (Phi) is 2.41. The zero-order valence-corrected chi connectivity index (χ0v) is 10.5. The number of hydrogen-bond donors (Lipinski definition) is 1. The number of hydrogen-bond acceptors (Lipinski definition) is 3. The fourth-order valence-electron chi connectivity index (χ4n) is 2.18. The maximum absolute atomic E-state index is 5.67. The number of imidazole rings is 1. The second-order valence-electron chi connectivity index (χ2n) is 4.36. The molecule has 0 amide bonds. The van der Waals surface area contributed by atoms with Gasteiger partial charge < -0.3 is 10.3 Å². The number of fused-ring (bicyclic) bond motifs is 1. The van der Waals surface area contributed by atoms with Crippen molar-refractivity contribution in [2.45, 2.75) is 6.54 Å². The molecule has 0 aliphatic carbocycles. The lowest BCUT2D eigenvalue weighted by molar-refractivity contribution is 0.764. The van der Waals surface area contributed by atoms with Crippen LogP contribution >= 0.6 is 0 Å². The van der Waals surface area contributed by atoms with E-state index in [9.17, 15) is 0 Å². The van der Waals surface area contributed by atoms with Crippen molar-refractivity contribution in [3.8, 4) is 11.5 Å². The first-order chi connectivity index (χ1) is 8.70. The van der Waals surface area contributed by atoms with Crippen LogP contribution in [0.15, 0.2) is 30.5 Å². The van der Waals surface area contributed by atoms with Gasteiger partial charge in [-0.2, -0.15) is 5.10 Å². The summed E-state index contributed by atoms with van der Waals surface area (Å²) in [6.07, 6.45) is 1.78. The van der Waals surface area contributed by atoms with E-state index in [0.29, 0.717) is 6.54 Å². The number of nitrogens with zero attached hydrogens (tertiary/aromatic N) is 4. The third kappa shape index (κ3) is 1.52. The van der Waals surface area contributed by atoms with Crippen LogP contribution in [0.3, 0.4) is 0 Å². The van der Waals surface area contributed by atoms with Gasteiger partial charge in [0.15, 0.2) is 5.82 Å². The van der Waals surface area contributed by atoms with Crippen molar-refractivity contribution < 1.29 is 0 Å². The molecule has 0 saturated carbocycles. The maximum Gasteiger partial charge on any atom is 0.159 e. The largest absolute Gasteiger partial charge is 0.326 e. The zero-order chi connectivity index (χ0) is 12.7. The van der Waals surface area contributed by atoms with E-state index in [2.05, 4.69) is 20.7 Å². The molecule has 2 aromatic heterocycles. The monoisotopic (exact) mass is 241 g/mol. The quantitative estimate of drug-likeness (QED) is 0.738. The van der Waals surface area contributed by atoms with Gasteiger partial charge in [0.05, 0.1) is 11.0 Å². The molecule has 0 spiro atoms. The van der Waals surface area contributed by atoms with Gasteiger partial charge >= 0.3 is 0 Å². The van der Waals surface area contributed by atoms with E-state index in [1.54, 1.807) is 6.20 Å². The first kappa shape index (κ1) is 11.0. The fourth-order valence-corrected chi connectivity index (χ4v) is 2.18. The van der Waals surface area contributed by atoms with Crippen molar-refractivity contribution in [2.75, 3.05) is 0 Å². The smallest absolute Gasteiger partial charge is 0.159 e. The predicted molar refractivity (Wildman–Crippen MR) is 70.8 cm³/mol. The Hall–Kier alpha value is -2.14. The summed E-state index contributed by atoms with van der Waals surface area (Å²) in [7, 11) is 3.93. The molecule has 3 aromatic rings. The molecule has 0 unspecified atom stereocenters. The average molecular weight is 241 g/mol. The highest BCUT2D eigenvalue weighted by atomic mass is 15.3. The van der Waals surface area contributed by atoms with Gasteiger partial charge in [-0.1, -0.05) is 6.07 Å². The van der Waals surface area contributed by atoms with Crippen molar-refractivity contribution in [1.82, 2.24) is 19.3 Å². The molecule has 5 nitrogen and oxygen atoms in total. The molecule has 0 aliphatic heterocycles. The summed E-state index contributed by atoms with van der Waals surface area (Å²) in [5.41, 5.74) is 9.86. The van der Waals surface area contributed by atoms with Gasteiger partial charge in [-0.3, -0.25) is 4.68 Å². The van der Waals surface area contributed by atoms with Gasteiger partial charge in [0.1, 0.15) is 5.69 Å². The number of aryl methyl sites for hydroxylation is 2. The Morgan fingerprint density at radius 1 is 1.22 bits per heavy atom. The number of aromatic nitrogens is 4. The van der Waals surface area contributed by atoms with E-state index in [1.165, 1.54) is 0 Å². The number of nitrogens with two attached hydrogens (primary N) is 1. The summed E-state index contributed by atoms with van der Waals surface area (Å²) < 4.78 is 3.90. The van der Waals surface area contributed by atoms with E-state index < -0.39 is 0 Å². The van der Waals surface area contributed by atoms with Crippen molar-refractivity contribution in [1.29, 1.82) is 0 Å². The Morgan fingerprint density at radius 2 is 2.06 bits per heavy atom. The van der Waals surface area contributed by atoms with Gasteiger partial charge in [0.25, 0.3) is 0 Å². The van der Waals surface area contributed by atoms with E-state index in [-0.39, 0.29) is 0 Å². The number of benzene rings is 1. The molecule has 2 heterocycles. The Morgan fingerprint density at radius 3 is 2.72 bits per heavy atom. The summed E-state index contributed by atoms with van der Waals surface area (Å²) in [6.45, 7) is 0.544. The van der Waals surface area contributed by atoms with Crippen molar-refractivity contribution in [3.63, 3.8) is 0 Å². The lowest BCUT2D eigenvalue weighted by Gasteiger charge is -2.03. The summed E-state index contributed by atoms with van der Waals surface area (Å²) in [5.74, 6) is 0.916. The zero-order valence-electron chi connectivity index (χ0n) is 10.5. The van der Waals surface area contributed by atoms with Crippen LogP contribution in [0.5, 0.6) is 0 Å². The minimum Gasteiger partial charge on any atom is -0.326 e. The summed E-state index contributed by atoms with van der Waals surface area (Å²) in [5, 5.41) is 4.18. The molecule has 18 heavy (non-hydrogen) atoms. The van der Waals surface area contributed by atoms with Crippen molar-refractivity contribution in [3.05, 3.63) is 36.0 Å². The van der Waals surface area contributed by atoms with Crippen LogP contribution in [-0.4, -0.2) is 19.3 Å². The molecular formula is C13H15N5. The van der Waals surface area contributed by atoms with Crippen LogP contribution in [0.1, 0.15) is 5.56 Å². The van der Waals surface area contributed by atoms with Gasteiger partial charge in [-0.15, -0.1) is 0 Å². The summed E-state index contributed by atoms with van der Waals surface area (Å²) in [4.78, 5) is 4.65. The predicted octanol–water partition coefficient (Wildman–Crippen LogP) is 1.43. The maximum atomic E-state index is 5.67. The molecule has 0 fully saturated rings. The van der Waals surface area contributed by atoms with Gasteiger partial charge in [-0.05, 0) is 23.8 Å². The first-order valence-corrected chi connectivity index (χ1v) is 5.84. The van der Waals surface area contributed by atoms with Gasteiger partial charge in [0.2, 0.25) is 0 Å². The Balaban J connectivity index is 2.26. The molecule has 0 radical (unpaired) electrons. The van der Waals surface area contributed by atoms with Crippen LogP contribution < -0.4 is 5.73 Å². The Labute approximate surface area is 105 Å². The normalized spacial score (nSPS) is 11.3. The molecular weight excluding hydrogens is 226 g/mol. The van der Waals surface area contributed by atoms with Crippen LogP contribution in [0.25, 0.3) is 22.6 Å². The summed E-state index contributed by atoms with van der Waals surface area (Å²) >= 11 is 0. The first-order valence-electron chi connectivity index (χ1n) is 5.84. The highest BCUT2D eigenvalue weighted by Gasteiger charge is 2.12. The highest BCUT2D eigenvalue weighted by Crippen LogP contribution is 2.23. The molecule has 0 bridgehead atoms. The molecule has 5 heteroatoms. The lowest BCUT2D eigenvalue weighted by atomic mass is 10.2. The molecule has 92 valence electrons. The number of rotatable bonds is 2. The van der Waals surface area contributed by atoms with E-state index in [0.717, 1.165) is 28.1 Å². The molecule has 1 aromatic carbocycles. The van der Waals surface area contributed by atoms with E-state index >= 15 is 0 Å². The molecule has 3 rings (SSSR count). The third-order valence-electron chi connectivity index (χ3n) is 3.23. The lowest BCUT2D eigenvalue weighted by Crippen LogP contribution is -2.00. The van der Waals surface area contributed by atoms with Crippen LogP contribution in [0.4, 0.5) is 0 Å². The highest BCUT2D eigenvalue weighted by molar-refractivity contribution is 5.80. The molecule has 0 saturated heterocycles. The van der Waals surface area contributed by atoms with Crippen LogP contribution in [-0.2, 0) is 20.6 Å². The van der Waals surface area contributed by atoms with Crippen molar-refractivity contribution in [2.24, 2.45) is 19.8 Å².